The van der Waals surface area contributed by atoms with Crippen molar-refractivity contribution in [1.29, 1.82) is 0 Å². The van der Waals surface area contributed by atoms with E-state index in [9.17, 15) is 0 Å². The third-order valence-electron chi connectivity index (χ3n) is 3.22. The molecule has 1 N–H and O–H groups in total. The molecule has 0 aliphatic rings. The number of hydrogen-bond acceptors (Lipinski definition) is 1. The number of nitrogens with zero attached hydrogens (tertiary/aromatic N) is 1. The Labute approximate surface area is 115 Å². The summed E-state index contributed by atoms with van der Waals surface area (Å²) in [5.41, 5.74) is 2.65. The van der Waals surface area contributed by atoms with E-state index in [-0.39, 0.29) is 0 Å². The van der Waals surface area contributed by atoms with Crippen LogP contribution < -0.4 is 5.32 Å². The van der Waals surface area contributed by atoms with E-state index in [1.807, 2.05) is 6.92 Å². The molecule has 0 spiro atoms. The maximum atomic E-state index is 3.50. The van der Waals surface area contributed by atoms with Crippen LogP contribution in [-0.4, -0.2) is 10.6 Å². The number of hydrogen-bond donors (Lipinski definition) is 1. The number of rotatable bonds is 5. The smallest absolute Gasteiger partial charge is 0.0483 e. The molecule has 0 aliphatic heterocycles. The normalized spacial score (nSPS) is 10.7. The predicted octanol–water partition coefficient (Wildman–Crippen LogP) is 3.55. The Bertz CT molecular complexity index is 596. The lowest BCUT2D eigenvalue weighted by Gasteiger charge is -2.12. The Morgan fingerprint density at radius 3 is 2.79 bits per heavy atom. The van der Waals surface area contributed by atoms with Gasteiger partial charge in [0, 0.05) is 36.8 Å². The van der Waals surface area contributed by atoms with E-state index >= 15 is 0 Å². The summed E-state index contributed by atoms with van der Waals surface area (Å²) < 4.78 is 2.38. The second-order valence-electron chi connectivity index (χ2n) is 5.06. The van der Waals surface area contributed by atoms with Gasteiger partial charge in [-0.15, -0.1) is 11.8 Å². The van der Waals surface area contributed by atoms with E-state index in [0.717, 1.165) is 19.5 Å². The minimum absolute atomic E-state index is 0.502. The topological polar surface area (TPSA) is 17.0 Å². The van der Waals surface area contributed by atoms with Crippen LogP contribution in [-0.2, 0) is 13.1 Å². The van der Waals surface area contributed by atoms with E-state index in [2.05, 4.69) is 65.9 Å². The molecule has 19 heavy (non-hydrogen) atoms. The van der Waals surface area contributed by atoms with E-state index < -0.39 is 0 Å². The molecule has 2 rings (SSSR count). The second-order valence-corrected chi connectivity index (χ2v) is 5.06. The van der Waals surface area contributed by atoms with Crippen molar-refractivity contribution in [2.75, 3.05) is 0 Å². The molecule has 2 nitrogen and oxygen atoms in total. The van der Waals surface area contributed by atoms with Gasteiger partial charge in [-0.2, -0.15) is 0 Å². The number of fused-ring (bicyclic) bond motifs is 1. The molecular formula is C17H22N2. The molecular weight excluding hydrogens is 232 g/mol. The maximum Gasteiger partial charge on any atom is 0.0483 e. The lowest BCUT2D eigenvalue weighted by molar-refractivity contribution is 0.561. The molecule has 0 radical (unpaired) electrons. The molecule has 0 amide bonds. The van der Waals surface area contributed by atoms with Crippen LogP contribution >= 0.6 is 0 Å². The van der Waals surface area contributed by atoms with Gasteiger partial charge in [0.1, 0.15) is 0 Å². The Morgan fingerprint density at radius 1 is 1.26 bits per heavy atom. The number of para-hydroxylation sites is 1. The van der Waals surface area contributed by atoms with Gasteiger partial charge in [0.05, 0.1) is 0 Å². The van der Waals surface area contributed by atoms with Gasteiger partial charge in [-0.1, -0.05) is 32.0 Å². The van der Waals surface area contributed by atoms with Crippen LogP contribution in [0.2, 0.25) is 0 Å². The second kappa shape index (κ2) is 6.45. The van der Waals surface area contributed by atoms with Crippen LogP contribution in [0.4, 0.5) is 0 Å². The predicted molar refractivity (Wildman–Crippen MR) is 82.0 cm³/mol. The molecule has 0 bridgehead atoms. The first-order valence-electron chi connectivity index (χ1n) is 6.92. The number of aromatic nitrogens is 1. The standard InChI is InChI=1S/C17H22N2/c1-4-5-8-11-19-16(13-18-14(2)3)12-15-9-6-7-10-17(15)19/h6-7,9-10,12,14,18H,8,11,13H2,1-3H3. The summed E-state index contributed by atoms with van der Waals surface area (Å²) in [7, 11) is 0. The molecule has 0 unspecified atom stereocenters. The fourth-order valence-corrected chi connectivity index (χ4v) is 2.28. The highest BCUT2D eigenvalue weighted by molar-refractivity contribution is 5.81. The van der Waals surface area contributed by atoms with E-state index in [4.69, 9.17) is 0 Å². The minimum Gasteiger partial charge on any atom is -0.342 e. The van der Waals surface area contributed by atoms with Crippen LogP contribution in [0, 0.1) is 11.8 Å². The van der Waals surface area contributed by atoms with Gasteiger partial charge in [0.15, 0.2) is 0 Å². The highest BCUT2D eigenvalue weighted by Crippen LogP contribution is 2.20. The molecule has 0 fully saturated rings. The zero-order valence-electron chi connectivity index (χ0n) is 12.0. The quantitative estimate of drug-likeness (QED) is 0.807. The average molecular weight is 254 g/mol. The van der Waals surface area contributed by atoms with Gasteiger partial charge < -0.3 is 9.88 Å². The van der Waals surface area contributed by atoms with Crippen molar-refractivity contribution < 1.29 is 0 Å². The van der Waals surface area contributed by atoms with Crippen LogP contribution in [0.3, 0.4) is 0 Å². The number of nitrogens with one attached hydrogen (secondary N) is 1. The van der Waals surface area contributed by atoms with Crippen LogP contribution in [0.1, 0.15) is 32.9 Å². The van der Waals surface area contributed by atoms with Crippen molar-refractivity contribution in [3.63, 3.8) is 0 Å². The lowest BCUT2D eigenvalue weighted by Crippen LogP contribution is -2.23. The first-order valence-corrected chi connectivity index (χ1v) is 6.92. The summed E-state index contributed by atoms with van der Waals surface area (Å²) in [4.78, 5) is 0. The number of benzene rings is 1. The van der Waals surface area contributed by atoms with Gasteiger partial charge >= 0.3 is 0 Å². The van der Waals surface area contributed by atoms with Crippen molar-refractivity contribution in [3.8, 4) is 11.8 Å². The molecule has 0 atom stereocenters. The molecule has 0 saturated carbocycles. The van der Waals surface area contributed by atoms with Gasteiger partial charge in [-0.25, -0.2) is 0 Å². The first-order chi connectivity index (χ1) is 9.22. The molecule has 0 saturated heterocycles. The van der Waals surface area contributed by atoms with E-state index in [1.165, 1.54) is 16.6 Å². The third kappa shape index (κ3) is 3.39. The molecule has 2 aromatic rings. The van der Waals surface area contributed by atoms with Crippen molar-refractivity contribution in [3.05, 3.63) is 36.0 Å². The lowest BCUT2D eigenvalue weighted by atomic mass is 10.2. The van der Waals surface area contributed by atoms with Gasteiger partial charge in [0.2, 0.25) is 0 Å². The Kier molecular flexibility index (Phi) is 4.65. The van der Waals surface area contributed by atoms with Gasteiger partial charge in [-0.05, 0) is 24.4 Å². The first kappa shape index (κ1) is 13.7. The number of aryl methyl sites for hydroxylation is 1. The van der Waals surface area contributed by atoms with E-state index in [1.54, 1.807) is 0 Å². The minimum atomic E-state index is 0.502. The molecule has 1 aromatic heterocycles. The van der Waals surface area contributed by atoms with Crippen LogP contribution in [0.15, 0.2) is 30.3 Å². The summed E-state index contributed by atoms with van der Waals surface area (Å²) in [6.07, 6.45) is 0.907. The molecule has 1 heterocycles. The summed E-state index contributed by atoms with van der Waals surface area (Å²) in [5.74, 6) is 6.12. The molecule has 100 valence electrons. The molecule has 1 aromatic carbocycles. The fourth-order valence-electron chi connectivity index (χ4n) is 2.28. The third-order valence-corrected chi connectivity index (χ3v) is 3.22. The fraction of sp³-hybridized carbons (Fsp3) is 0.412. The zero-order valence-corrected chi connectivity index (χ0v) is 12.0. The van der Waals surface area contributed by atoms with Gasteiger partial charge in [0.25, 0.3) is 0 Å². The van der Waals surface area contributed by atoms with E-state index in [0.29, 0.717) is 6.04 Å². The zero-order chi connectivity index (χ0) is 13.7. The summed E-state index contributed by atoms with van der Waals surface area (Å²) in [6, 6.07) is 11.3. The van der Waals surface area contributed by atoms with Crippen molar-refractivity contribution in [2.45, 2.75) is 46.3 Å². The molecule has 2 heteroatoms. The van der Waals surface area contributed by atoms with Crippen molar-refractivity contribution in [1.82, 2.24) is 9.88 Å². The summed E-state index contributed by atoms with van der Waals surface area (Å²) >= 11 is 0. The Balaban J connectivity index is 2.30. The van der Waals surface area contributed by atoms with Crippen molar-refractivity contribution in [2.24, 2.45) is 0 Å². The van der Waals surface area contributed by atoms with Gasteiger partial charge in [-0.3, -0.25) is 0 Å². The largest absolute Gasteiger partial charge is 0.342 e. The Hall–Kier alpha value is -1.72. The highest BCUT2D eigenvalue weighted by Gasteiger charge is 2.07. The monoisotopic (exact) mass is 254 g/mol. The highest BCUT2D eigenvalue weighted by atomic mass is 15.0. The van der Waals surface area contributed by atoms with Crippen LogP contribution in [0.25, 0.3) is 10.9 Å². The van der Waals surface area contributed by atoms with Crippen LogP contribution in [0.5, 0.6) is 0 Å². The molecule has 0 aliphatic carbocycles. The maximum absolute atomic E-state index is 3.50. The SMILES string of the molecule is CC#CCCn1c(CNC(C)C)cc2ccccc21. The average Bonchev–Trinajstić information content (AvgIpc) is 2.75. The van der Waals surface area contributed by atoms with Crippen molar-refractivity contribution >= 4 is 10.9 Å². The summed E-state index contributed by atoms with van der Waals surface area (Å²) in [6.45, 7) is 8.12. The Morgan fingerprint density at radius 2 is 2.05 bits per heavy atom. The summed E-state index contributed by atoms with van der Waals surface area (Å²) in [5, 5.41) is 4.81.